The van der Waals surface area contributed by atoms with E-state index in [2.05, 4.69) is 30.3 Å². The first kappa shape index (κ1) is 13.6. The van der Waals surface area contributed by atoms with Gasteiger partial charge in [-0.15, -0.1) is 0 Å². The molecule has 2 heteroatoms. The molecule has 0 saturated heterocycles. The van der Waals surface area contributed by atoms with Crippen LogP contribution < -0.4 is 4.57 Å². The van der Waals surface area contributed by atoms with Gasteiger partial charge in [0.1, 0.15) is 0 Å². The highest BCUT2D eigenvalue weighted by Crippen LogP contribution is 2.22. The Morgan fingerprint density at radius 3 is 2.35 bits per heavy atom. The van der Waals surface area contributed by atoms with Crippen LogP contribution in [0.15, 0.2) is 85.1 Å². The van der Waals surface area contributed by atoms with Crippen molar-refractivity contribution in [2.24, 2.45) is 0 Å². The maximum absolute atomic E-state index is 12.5. The maximum Gasteiger partial charge on any atom is 0.227 e. The first-order valence-corrected chi connectivity index (χ1v) is 7.71. The summed E-state index contributed by atoms with van der Waals surface area (Å²) in [6.45, 7) is 0.347. The molecule has 1 heterocycles. The second kappa shape index (κ2) is 5.65. The standard InChI is InChI=1S/C21H16NO/c23-21(17-8-2-1-3-9-17)15-22-14-6-11-19-18-10-5-4-7-16(18)12-13-20(19)22/h1-14H,15H2/q+1. The van der Waals surface area contributed by atoms with Gasteiger partial charge in [-0.2, -0.15) is 4.57 Å². The van der Waals surface area contributed by atoms with Crippen molar-refractivity contribution in [2.45, 2.75) is 6.54 Å². The van der Waals surface area contributed by atoms with Crippen LogP contribution in [-0.2, 0) is 6.54 Å². The van der Waals surface area contributed by atoms with Gasteiger partial charge in [0.25, 0.3) is 0 Å². The summed E-state index contributed by atoms with van der Waals surface area (Å²) >= 11 is 0. The fraction of sp³-hybridized carbons (Fsp3) is 0.0476. The number of benzene rings is 3. The summed E-state index contributed by atoms with van der Waals surface area (Å²) in [5.41, 5.74) is 1.83. The highest BCUT2D eigenvalue weighted by molar-refractivity contribution is 6.05. The van der Waals surface area contributed by atoms with Gasteiger partial charge in [0.05, 0.1) is 5.39 Å². The summed E-state index contributed by atoms with van der Waals surface area (Å²) in [6.07, 6.45) is 1.97. The molecule has 1 aromatic heterocycles. The predicted octanol–water partition coefficient (Wildman–Crippen LogP) is 4.16. The van der Waals surface area contributed by atoms with E-state index in [0.717, 1.165) is 11.1 Å². The zero-order chi connectivity index (χ0) is 15.6. The molecule has 4 rings (SSSR count). The van der Waals surface area contributed by atoms with E-state index in [1.165, 1.54) is 16.2 Å². The molecule has 0 unspecified atom stereocenters. The third-order valence-corrected chi connectivity index (χ3v) is 4.20. The third kappa shape index (κ3) is 2.49. The quantitative estimate of drug-likeness (QED) is 0.316. The molecule has 0 fully saturated rings. The lowest BCUT2D eigenvalue weighted by Gasteiger charge is -2.04. The van der Waals surface area contributed by atoms with E-state index in [9.17, 15) is 4.79 Å². The summed E-state index contributed by atoms with van der Waals surface area (Å²) in [5.74, 6) is 0.122. The molecule has 0 atom stereocenters. The minimum atomic E-state index is 0.122. The van der Waals surface area contributed by atoms with Gasteiger partial charge in [-0.05, 0) is 22.9 Å². The van der Waals surface area contributed by atoms with E-state index < -0.39 is 0 Å². The van der Waals surface area contributed by atoms with Gasteiger partial charge < -0.3 is 0 Å². The minimum absolute atomic E-state index is 0.122. The SMILES string of the molecule is O=C(C[n+]1cccc2c3ccccc3ccc21)c1ccccc1. The molecule has 0 aliphatic carbocycles. The Hall–Kier alpha value is -3.00. The minimum Gasteiger partial charge on any atom is -0.287 e. The average Bonchev–Trinajstić information content (AvgIpc) is 2.62. The van der Waals surface area contributed by atoms with Crippen LogP contribution in [0.2, 0.25) is 0 Å². The molecule has 0 aliphatic heterocycles. The normalized spacial score (nSPS) is 11.0. The Kier molecular flexibility index (Phi) is 3.35. The molecule has 0 aliphatic rings. The first-order chi connectivity index (χ1) is 11.3. The Morgan fingerprint density at radius 1 is 0.739 bits per heavy atom. The number of carbonyl (C=O) groups excluding carboxylic acids is 1. The summed E-state index contributed by atoms with van der Waals surface area (Å²) in [7, 11) is 0. The Morgan fingerprint density at radius 2 is 1.48 bits per heavy atom. The van der Waals surface area contributed by atoms with Gasteiger partial charge in [-0.25, -0.2) is 0 Å². The van der Waals surface area contributed by atoms with Crippen molar-refractivity contribution in [3.05, 3.63) is 90.6 Å². The monoisotopic (exact) mass is 298 g/mol. The van der Waals surface area contributed by atoms with E-state index in [-0.39, 0.29) is 5.78 Å². The average molecular weight is 298 g/mol. The van der Waals surface area contributed by atoms with Crippen molar-refractivity contribution >= 4 is 27.5 Å². The lowest BCUT2D eigenvalue weighted by molar-refractivity contribution is -0.657. The van der Waals surface area contributed by atoms with E-state index >= 15 is 0 Å². The molecular formula is C21H16NO+. The highest BCUT2D eigenvalue weighted by Gasteiger charge is 2.16. The molecule has 2 nitrogen and oxygen atoms in total. The lowest BCUT2D eigenvalue weighted by Crippen LogP contribution is -2.38. The summed E-state index contributed by atoms with van der Waals surface area (Å²) in [6, 6.07) is 26.1. The zero-order valence-corrected chi connectivity index (χ0v) is 12.6. The number of rotatable bonds is 3. The van der Waals surface area contributed by atoms with Gasteiger partial charge in [0, 0.05) is 17.7 Å². The number of pyridine rings is 1. The zero-order valence-electron chi connectivity index (χ0n) is 12.6. The van der Waals surface area contributed by atoms with Crippen LogP contribution in [0.3, 0.4) is 0 Å². The fourth-order valence-electron chi connectivity index (χ4n) is 3.04. The molecule has 0 radical (unpaired) electrons. The van der Waals surface area contributed by atoms with E-state index in [0.29, 0.717) is 6.54 Å². The largest absolute Gasteiger partial charge is 0.287 e. The smallest absolute Gasteiger partial charge is 0.227 e. The van der Waals surface area contributed by atoms with Crippen molar-refractivity contribution in [1.82, 2.24) is 0 Å². The molecule has 0 spiro atoms. The lowest BCUT2D eigenvalue weighted by atomic mass is 10.0. The van der Waals surface area contributed by atoms with Crippen molar-refractivity contribution in [2.75, 3.05) is 0 Å². The number of Topliss-reactive ketones (excluding diaryl/α,β-unsaturated/α-hetero) is 1. The van der Waals surface area contributed by atoms with Gasteiger partial charge in [-0.1, -0.05) is 54.6 Å². The van der Waals surface area contributed by atoms with Crippen LogP contribution in [-0.4, -0.2) is 5.78 Å². The molecule has 4 aromatic rings. The van der Waals surface area contributed by atoms with Crippen LogP contribution in [0.25, 0.3) is 21.7 Å². The fourth-order valence-corrected chi connectivity index (χ4v) is 3.04. The number of nitrogens with zero attached hydrogens (tertiary/aromatic N) is 1. The number of aromatic nitrogens is 1. The highest BCUT2D eigenvalue weighted by atomic mass is 16.1. The second-order valence-electron chi connectivity index (χ2n) is 5.64. The first-order valence-electron chi connectivity index (χ1n) is 7.71. The van der Waals surface area contributed by atoms with Crippen LogP contribution >= 0.6 is 0 Å². The Balaban J connectivity index is 1.82. The molecular weight excluding hydrogens is 282 g/mol. The van der Waals surface area contributed by atoms with Crippen molar-refractivity contribution < 1.29 is 9.36 Å². The molecule has 0 amide bonds. The number of hydrogen-bond acceptors (Lipinski definition) is 1. The molecule has 23 heavy (non-hydrogen) atoms. The van der Waals surface area contributed by atoms with Crippen LogP contribution in [0.1, 0.15) is 10.4 Å². The summed E-state index contributed by atoms with van der Waals surface area (Å²) in [4.78, 5) is 12.5. The number of fused-ring (bicyclic) bond motifs is 3. The Labute approximate surface area is 134 Å². The topological polar surface area (TPSA) is 20.9 Å². The van der Waals surface area contributed by atoms with E-state index in [4.69, 9.17) is 0 Å². The predicted molar refractivity (Wildman–Crippen MR) is 92.4 cm³/mol. The van der Waals surface area contributed by atoms with Crippen LogP contribution in [0.5, 0.6) is 0 Å². The van der Waals surface area contributed by atoms with Crippen molar-refractivity contribution in [1.29, 1.82) is 0 Å². The number of hydrogen-bond donors (Lipinski definition) is 0. The maximum atomic E-state index is 12.5. The van der Waals surface area contributed by atoms with Crippen molar-refractivity contribution in [3.8, 4) is 0 Å². The molecule has 3 aromatic carbocycles. The van der Waals surface area contributed by atoms with Crippen molar-refractivity contribution in [3.63, 3.8) is 0 Å². The van der Waals surface area contributed by atoms with Crippen LogP contribution in [0, 0.1) is 0 Å². The van der Waals surface area contributed by atoms with E-state index in [1.807, 2.05) is 59.3 Å². The van der Waals surface area contributed by atoms with Gasteiger partial charge in [-0.3, -0.25) is 4.79 Å². The van der Waals surface area contributed by atoms with Gasteiger partial charge in [0.2, 0.25) is 17.8 Å². The molecule has 110 valence electrons. The Bertz CT molecular complexity index is 1010. The number of carbonyl (C=O) groups is 1. The molecule has 0 saturated carbocycles. The molecule has 0 bridgehead atoms. The van der Waals surface area contributed by atoms with Crippen LogP contribution in [0.4, 0.5) is 0 Å². The number of ketones is 1. The molecule has 0 N–H and O–H groups in total. The van der Waals surface area contributed by atoms with Gasteiger partial charge >= 0.3 is 0 Å². The second-order valence-corrected chi connectivity index (χ2v) is 5.64. The van der Waals surface area contributed by atoms with Gasteiger partial charge in [0.15, 0.2) is 6.20 Å². The summed E-state index contributed by atoms with van der Waals surface area (Å²) in [5, 5.41) is 3.60. The van der Waals surface area contributed by atoms with E-state index in [1.54, 1.807) is 0 Å². The summed E-state index contributed by atoms with van der Waals surface area (Å²) < 4.78 is 2.02. The third-order valence-electron chi connectivity index (χ3n) is 4.20.